The molecule has 0 unspecified atom stereocenters. The number of rotatable bonds is 1. The summed E-state index contributed by atoms with van der Waals surface area (Å²) in [6.07, 6.45) is 0. The zero-order valence-corrected chi connectivity index (χ0v) is 7.38. The zero-order chi connectivity index (χ0) is 9.42. The highest BCUT2D eigenvalue weighted by molar-refractivity contribution is 5.77. The van der Waals surface area contributed by atoms with Crippen LogP contribution in [0.15, 0.2) is 21.3 Å². The number of aromatic nitrogens is 1. The first-order valence-corrected chi connectivity index (χ1v) is 3.88. The third-order valence-electron chi connectivity index (χ3n) is 1.92. The molecular formula is C9H9NO3. The molecule has 1 N–H and O–H groups in total. The number of fused-ring (bicyclic) bond motifs is 1. The molecule has 0 atom stereocenters. The Balaban J connectivity index is 2.83. The molecule has 0 bridgehead atoms. The van der Waals surface area contributed by atoms with Crippen molar-refractivity contribution in [1.82, 2.24) is 4.98 Å². The molecule has 1 aromatic carbocycles. The molecule has 68 valence electrons. The van der Waals surface area contributed by atoms with E-state index in [4.69, 9.17) is 9.15 Å². The Hall–Kier alpha value is -1.71. The average Bonchev–Trinajstić information content (AvgIpc) is 2.46. The monoisotopic (exact) mass is 179 g/mol. The van der Waals surface area contributed by atoms with E-state index < -0.39 is 5.76 Å². The maximum Gasteiger partial charge on any atom is 0.417 e. The van der Waals surface area contributed by atoms with Crippen LogP contribution in [-0.4, -0.2) is 12.1 Å². The molecule has 0 saturated heterocycles. The van der Waals surface area contributed by atoms with Gasteiger partial charge in [-0.05, 0) is 18.6 Å². The second-order valence-corrected chi connectivity index (χ2v) is 2.84. The van der Waals surface area contributed by atoms with Crippen LogP contribution in [0.3, 0.4) is 0 Å². The molecule has 0 spiro atoms. The number of hydrogen-bond donors (Lipinski definition) is 1. The fourth-order valence-corrected chi connectivity index (χ4v) is 1.32. The van der Waals surface area contributed by atoms with Crippen LogP contribution < -0.4 is 10.5 Å². The number of hydrogen-bond acceptors (Lipinski definition) is 3. The van der Waals surface area contributed by atoms with Crippen LogP contribution in [0.1, 0.15) is 5.56 Å². The minimum atomic E-state index is -0.439. The second-order valence-electron chi connectivity index (χ2n) is 2.84. The molecule has 2 rings (SSSR count). The van der Waals surface area contributed by atoms with Crippen LogP contribution in [0.5, 0.6) is 5.75 Å². The number of oxazole rings is 1. The molecule has 4 heteroatoms. The van der Waals surface area contributed by atoms with Gasteiger partial charge in [0.1, 0.15) is 5.75 Å². The predicted molar refractivity (Wildman–Crippen MR) is 48.1 cm³/mol. The first-order valence-electron chi connectivity index (χ1n) is 3.88. The minimum Gasteiger partial charge on any atom is -0.497 e. The summed E-state index contributed by atoms with van der Waals surface area (Å²) in [6, 6.07) is 3.55. The number of aryl methyl sites for hydroxylation is 1. The molecule has 1 aromatic heterocycles. The van der Waals surface area contributed by atoms with Crippen LogP contribution in [0.4, 0.5) is 0 Å². The van der Waals surface area contributed by atoms with Gasteiger partial charge in [-0.3, -0.25) is 4.98 Å². The van der Waals surface area contributed by atoms with Crippen molar-refractivity contribution in [2.45, 2.75) is 6.92 Å². The van der Waals surface area contributed by atoms with Gasteiger partial charge in [-0.15, -0.1) is 0 Å². The Morgan fingerprint density at radius 1 is 1.46 bits per heavy atom. The van der Waals surface area contributed by atoms with Gasteiger partial charge in [0.05, 0.1) is 12.6 Å². The number of benzene rings is 1. The standard InChI is InChI=1S/C9H9NO3/c1-5-3-6(12-2)4-7-8(5)13-9(11)10-7/h3-4H,1-2H3,(H,10,11). The smallest absolute Gasteiger partial charge is 0.417 e. The van der Waals surface area contributed by atoms with Gasteiger partial charge < -0.3 is 9.15 Å². The van der Waals surface area contributed by atoms with Gasteiger partial charge in [-0.25, -0.2) is 4.79 Å². The largest absolute Gasteiger partial charge is 0.497 e. The number of nitrogens with one attached hydrogen (secondary N) is 1. The Morgan fingerprint density at radius 3 is 2.92 bits per heavy atom. The first-order chi connectivity index (χ1) is 6.20. The lowest BCUT2D eigenvalue weighted by Crippen LogP contribution is -1.92. The van der Waals surface area contributed by atoms with Gasteiger partial charge in [0.25, 0.3) is 0 Å². The molecule has 0 aliphatic rings. The van der Waals surface area contributed by atoms with Crippen LogP contribution in [0, 0.1) is 6.92 Å². The maximum atomic E-state index is 10.9. The Morgan fingerprint density at radius 2 is 2.23 bits per heavy atom. The molecule has 0 saturated carbocycles. The van der Waals surface area contributed by atoms with Gasteiger partial charge in [-0.2, -0.15) is 0 Å². The van der Waals surface area contributed by atoms with E-state index in [1.807, 2.05) is 13.0 Å². The number of ether oxygens (including phenoxy) is 1. The van der Waals surface area contributed by atoms with Crippen molar-refractivity contribution in [2.75, 3.05) is 7.11 Å². The zero-order valence-electron chi connectivity index (χ0n) is 7.38. The van der Waals surface area contributed by atoms with Crippen molar-refractivity contribution in [3.8, 4) is 5.75 Å². The highest BCUT2D eigenvalue weighted by Gasteiger charge is 2.05. The van der Waals surface area contributed by atoms with E-state index in [0.29, 0.717) is 16.8 Å². The number of H-pyrrole nitrogens is 1. The van der Waals surface area contributed by atoms with E-state index in [1.165, 1.54) is 0 Å². The molecule has 0 radical (unpaired) electrons. The number of methoxy groups -OCH3 is 1. The summed E-state index contributed by atoms with van der Waals surface area (Å²) < 4.78 is 9.98. The van der Waals surface area contributed by atoms with E-state index in [-0.39, 0.29) is 0 Å². The molecule has 0 aliphatic carbocycles. The summed E-state index contributed by atoms with van der Waals surface area (Å²) in [5.74, 6) is 0.272. The van der Waals surface area contributed by atoms with Gasteiger partial charge in [0.15, 0.2) is 5.58 Å². The van der Waals surface area contributed by atoms with Gasteiger partial charge in [-0.1, -0.05) is 0 Å². The summed E-state index contributed by atoms with van der Waals surface area (Å²) in [4.78, 5) is 13.4. The van der Waals surface area contributed by atoms with Gasteiger partial charge in [0, 0.05) is 6.07 Å². The van der Waals surface area contributed by atoms with Crippen molar-refractivity contribution in [2.24, 2.45) is 0 Å². The SMILES string of the molecule is COc1cc(C)c2oc(=O)[nH]c2c1. The lowest BCUT2D eigenvalue weighted by Gasteiger charge is -2.00. The van der Waals surface area contributed by atoms with Crippen molar-refractivity contribution in [1.29, 1.82) is 0 Å². The van der Waals surface area contributed by atoms with E-state index in [2.05, 4.69) is 4.98 Å². The van der Waals surface area contributed by atoms with E-state index in [0.717, 1.165) is 5.56 Å². The Kier molecular flexibility index (Phi) is 1.62. The van der Waals surface area contributed by atoms with Crippen molar-refractivity contribution >= 4 is 11.1 Å². The second kappa shape index (κ2) is 2.65. The minimum absolute atomic E-state index is 0.439. The lowest BCUT2D eigenvalue weighted by atomic mass is 10.2. The fraction of sp³-hybridized carbons (Fsp3) is 0.222. The normalized spacial score (nSPS) is 10.6. The average molecular weight is 179 g/mol. The third kappa shape index (κ3) is 1.20. The molecule has 2 aromatic rings. The van der Waals surface area contributed by atoms with Crippen LogP contribution in [0.25, 0.3) is 11.1 Å². The summed E-state index contributed by atoms with van der Waals surface area (Å²) in [5.41, 5.74) is 2.14. The summed E-state index contributed by atoms with van der Waals surface area (Å²) in [6.45, 7) is 1.86. The quantitative estimate of drug-likeness (QED) is 0.720. The van der Waals surface area contributed by atoms with Gasteiger partial charge in [0.2, 0.25) is 0 Å². The topological polar surface area (TPSA) is 55.2 Å². The molecular weight excluding hydrogens is 170 g/mol. The maximum absolute atomic E-state index is 10.9. The highest BCUT2D eigenvalue weighted by Crippen LogP contribution is 2.21. The molecule has 0 amide bonds. The summed E-state index contributed by atoms with van der Waals surface area (Å²) in [7, 11) is 1.58. The van der Waals surface area contributed by atoms with E-state index in [1.54, 1.807) is 13.2 Å². The molecule has 13 heavy (non-hydrogen) atoms. The molecule has 4 nitrogen and oxygen atoms in total. The van der Waals surface area contributed by atoms with E-state index in [9.17, 15) is 4.79 Å². The summed E-state index contributed by atoms with van der Waals surface area (Å²) in [5, 5.41) is 0. The van der Waals surface area contributed by atoms with Crippen molar-refractivity contribution in [3.63, 3.8) is 0 Å². The fourth-order valence-electron chi connectivity index (χ4n) is 1.32. The molecule has 1 heterocycles. The summed E-state index contributed by atoms with van der Waals surface area (Å²) >= 11 is 0. The predicted octanol–water partition coefficient (Wildman–Crippen LogP) is 1.44. The first kappa shape index (κ1) is 7.91. The van der Waals surface area contributed by atoms with Crippen LogP contribution in [-0.2, 0) is 0 Å². The Bertz CT molecular complexity index is 495. The van der Waals surface area contributed by atoms with Crippen molar-refractivity contribution in [3.05, 3.63) is 28.2 Å². The van der Waals surface area contributed by atoms with Crippen molar-refractivity contribution < 1.29 is 9.15 Å². The lowest BCUT2D eigenvalue weighted by molar-refractivity contribution is 0.415. The molecule has 0 aliphatic heterocycles. The highest BCUT2D eigenvalue weighted by atomic mass is 16.5. The number of aromatic amines is 1. The third-order valence-corrected chi connectivity index (χ3v) is 1.92. The molecule has 0 fully saturated rings. The van der Waals surface area contributed by atoms with Gasteiger partial charge >= 0.3 is 5.76 Å². The Labute approximate surface area is 74.1 Å². The van der Waals surface area contributed by atoms with Crippen LogP contribution >= 0.6 is 0 Å². The van der Waals surface area contributed by atoms with E-state index >= 15 is 0 Å². The van der Waals surface area contributed by atoms with Crippen LogP contribution in [0.2, 0.25) is 0 Å².